The lowest BCUT2D eigenvalue weighted by Crippen LogP contribution is -2.01. The van der Waals surface area contributed by atoms with Gasteiger partial charge in [0.15, 0.2) is 0 Å². The van der Waals surface area contributed by atoms with Crippen LogP contribution in [0.3, 0.4) is 0 Å². The highest BCUT2D eigenvalue weighted by molar-refractivity contribution is 9.10. The van der Waals surface area contributed by atoms with E-state index in [1.165, 1.54) is 0 Å². The first-order chi connectivity index (χ1) is 15.3. The Labute approximate surface area is 191 Å². The zero-order valence-electron chi connectivity index (χ0n) is 17.0. The van der Waals surface area contributed by atoms with E-state index in [1.54, 1.807) is 0 Å². The van der Waals surface area contributed by atoms with Crippen LogP contribution in [0.15, 0.2) is 108 Å². The number of hydrogen-bond donors (Lipinski definition) is 0. The first kappa shape index (κ1) is 21.0. The van der Waals surface area contributed by atoms with Crippen LogP contribution >= 0.6 is 15.9 Å². The SMILES string of the molecule is Brc1c(OCc2ccccc2)cc(OCc2ccccc2)cc1OCc1ccccc1. The van der Waals surface area contributed by atoms with E-state index in [9.17, 15) is 0 Å². The van der Waals surface area contributed by atoms with E-state index < -0.39 is 0 Å². The van der Waals surface area contributed by atoms with E-state index in [2.05, 4.69) is 15.9 Å². The Morgan fingerprint density at radius 1 is 0.484 bits per heavy atom. The average molecular weight is 475 g/mol. The predicted molar refractivity (Wildman–Crippen MR) is 126 cm³/mol. The second kappa shape index (κ2) is 10.7. The molecule has 3 nitrogen and oxygen atoms in total. The molecule has 31 heavy (non-hydrogen) atoms. The summed E-state index contributed by atoms with van der Waals surface area (Å²) in [5, 5.41) is 0. The maximum atomic E-state index is 6.10. The Hall–Kier alpha value is -3.24. The lowest BCUT2D eigenvalue weighted by Gasteiger charge is -2.16. The fourth-order valence-electron chi connectivity index (χ4n) is 3.05. The molecule has 0 aliphatic rings. The first-order valence-corrected chi connectivity index (χ1v) is 10.9. The molecule has 4 aromatic rings. The summed E-state index contributed by atoms with van der Waals surface area (Å²) in [4.78, 5) is 0. The largest absolute Gasteiger partial charge is 0.489 e. The zero-order valence-corrected chi connectivity index (χ0v) is 18.6. The lowest BCUT2D eigenvalue weighted by atomic mass is 10.2. The molecule has 0 heterocycles. The molecule has 4 rings (SSSR count). The molecule has 0 aliphatic heterocycles. The zero-order chi connectivity index (χ0) is 21.3. The summed E-state index contributed by atoms with van der Waals surface area (Å²) in [6.45, 7) is 1.39. The summed E-state index contributed by atoms with van der Waals surface area (Å²) in [5.41, 5.74) is 3.29. The number of halogens is 1. The third-order valence-electron chi connectivity index (χ3n) is 4.70. The van der Waals surface area contributed by atoms with Crippen molar-refractivity contribution >= 4 is 15.9 Å². The van der Waals surface area contributed by atoms with Crippen molar-refractivity contribution in [1.82, 2.24) is 0 Å². The molecule has 4 heteroatoms. The molecule has 0 unspecified atom stereocenters. The van der Waals surface area contributed by atoms with Gasteiger partial charge in [0.25, 0.3) is 0 Å². The Morgan fingerprint density at radius 2 is 0.839 bits per heavy atom. The van der Waals surface area contributed by atoms with Crippen LogP contribution in [0.4, 0.5) is 0 Å². The molecular weight excluding hydrogens is 452 g/mol. The summed E-state index contributed by atoms with van der Waals surface area (Å²) in [5.74, 6) is 2.05. The fourth-order valence-corrected chi connectivity index (χ4v) is 3.51. The van der Waals surface area contributed by atoms with Crippen molar-refractivity contribution < 1.29 is 14.2 Å². The van der Waals surface area contributed by atoms with E-state index >= 15 is 0 Å². The maximum Gasteiger partial charge on any atom is 0.141 e. The molecule has 156 valence electrons. The van der Waals surface area contributed by atoms with Gasteiger partial charge < -0.3 is 14.2 Å². The molecule has 0 aliphatic carbocycles. The second-order valence-electron chi connectivity index (χ2n) is 7.06. The predicted octanol–water partition coefficient (Wildman–Crippen LogP) is 7.19. The van der Waals surface area contributed by atoms with E-state index in [4.69, 9.17) is 14.2 Å². The van der Waals surface area contributed by atoms with Crippen LogP contribution in [-0.2, 0) is 19.8 Å². The third-order valence-corrected chi connectivity index (χ3v) is 5.48. The van der Waals surface area contributed by atoms with Crippen LogP contribution in [0.2, 0.25) is 0 Å². The van der Waals surface area contributed by atoms with Gasteiger partial charge in [-0.1, -0.05) is 91.0 Å². The molecule has 0 N–H and O–H groups in total. The Balaban J connectivity index is 1.54. The quantitative estimate of drug-likeness (QED) is 0.257. The average Bonchev–Trinajstić information content (AvgIpc) is 2.83. The van der Waals surface area contributed by atoms with Gasteiger partial charge in [0.1, 0.15) is 41.5 Å². The summed E-state index contributed by atoms with van der Waals surface area (Å²) >= 11 is 3.65. The highest BCUT2D eigenvalue weighted by Gasteiger charge is 2.13. The number of hydrogen-bond acceptors (Lipinski definition) is 3. The van der Waals surface area contributed by atoms with Crippen LogP contribution < -0.4 is 14.2 Å². The van der Waals surface area contributed by atoms with Gasteiger partial charge in [0, 0.05) is 12.1 Å². The molecule has 0 aromatic heterocycles. The van der Waals surface area contributed by atoms with E-state index in [-0.39, 0.29) is 0 Å². The molecule has 0 saturated carbocycles. The van der Waals surface area contributed by atoms with E-state index in [1.807, 2.05) is 103 Å². The summed E-state index contributed by atoms with van der Waals surface area (Å²) in [6.07, 6.45) is 0. The van der Waals surface area contributed by atoms with Crippen LogP contribution in [0.25, 0.3) is 0 Å². The van der Waals surface area contributed by atoms with Crippen molar-refractivity contribution in [3.05, 3.63) is 124 Å². The molecular formula is C27H23BrO3. The van der Waals surface area contributed by atoms with Crippen LogP contribution in [0.5, 0.6) is 17.2 Å². The number of benzene rings is 4. The topological polar surface area (TPSA) is 27.7 Å². The summed E-state index contributed by atoms with van der Waals surface area (Å²) < 4.78 is 19.0. The Morgan fingerprint density at radius 3 is 1.23 bits per heavy atom. The van der Waals surface area contributed by atoms with Gasteiger partial charge in [-0.3, -0.25) is 0 Å². The molecule has 0 radical (unpaired) electrons. The molecule has 0 spiro atoms. The van der Waals surface area contributed by atoms with Gasteiger partial charge in [0.05, 0.1) is 0 Å². The monoisotopic (exact) mass is 474 g/mol. The van der Waals surface area contributed by atoms with E-state index in [0.29, 0.717) is 37.1 Å². The van der Waals surface area contributed by atoms with Crippen LogP contribution in [0, 0.1) is 0 Å². The van der Waals surface area contributed by atoms with Gasteiger partial charge in [-0.05, 0) is 32.6 Å². The maximum absolute atomic E-state index is 6.10. The van der Waals surface area contributed by atoms with Crippen molar-refractivity contribution in [2.75, 3.05) is 0 Å². The minimum atomic E-state index is 0.458. The van der Waals surface area contributed by atoms with Crippen molar-refractivity contribution in [2.24, 2.45) is 0 Å². The lowest BCUT2D eigenvalue weighted by molar-refractivity contribution is 0.272. The molecule has 4 aromatic carbocycles. The molecule has 0 amide bonds. The number of ether oxygens (including phenoxy) is 3. The Kier molecular flexibility index (Phi) is 7.24. The smallest absolute Gasteiger partial charge is 0.141 e. The van der Waals surface area contributed by atoms with Crippen molar-refractivity contribution in [1.29, 1.82) is 0 Å². The molecule has 0 fully saturated rings. The van der Waals surface area contributed by atoms with Crippen LogP contribution in [0.1, 0.15) is 16.7 Å². The fraction of sp³-hybridized carbons (Fsp3) is 0.111. The third kappa shape index (κ3) is 6.12. The summed E-state index contributed by atoms with van der Waals surface area (Å²) in [6, 6.07) is 34.0. The minimum absolute atomic E-state index is 0.458. The van der Waals surface area contributed by atoms with Crippen LogP contribution in [-0.4, -0.2) is 0 Å². The van der Waals surface area contributed by atoms with Gasteiger partial charge in [0.2, 0.25) is 0 Å². The first-order valence-electron chi connectivity index (χ1n) is 10.1. The van der Waals surface area contributed by atoms with Gasteiger partial charge in [-0.2, -0.15) is 0 Å². The normalized spacial score (nSPS) is 10.5. The van der Waals surface area contributed by atoms with Gasteiger partial charge >= 0.3 is 0 Å². The van der Waals surface area contributed by atoms with Gasteiger partial charge in [-0.25, -0.2) is 0 Å². The highest BCUT2D eigenvalue weighted by atomic mass is 79.9. The van der Waals surface area contributed by atoms with Gasteiger partial charge in [-0.15, -0.1) is 0 Å². The molecule has 0 saturated heterocycles. The minimum Gasteiger partial charge on any atom is -0.489 e. The van der Waals surface area contributed by atoms with E-state index in [0.717, 1.165) is 21.2 Å². The highest BCUT2D eigenvalue weighted by Crippen LogP contribution is 2.39. The second-order valence-corrected chi connectivity index (χ2v) is 7.85. The van der Waals surface area contributed by atoms with Crippen molar-refractivity contribution in [3.8, 4) is 17.2 Å². The molecule has 0 bridgehead atoms. The standard InChI is InChI=1S/C27H23BrO3/c28-27-25(30-19-22-12-6-2-7-13-22)16-24(29-18-21-10-4-1-5-11-21)17-26(27)31-20-23-14-8-3-9-15-23/h1-17H,18-20H2. The number of rotatable bonds is 9. The van der Waals surface area contributed by atoms with Crippen molar-refractivity contribution in [3.63, 3.8) is 0 Å². The van der Waals surface area contributed by atoms with Crippen molar-refractivity contribution in [2.45, 2.75) is 19.8 Å². The Bertz CT molecular complexity index is 1020. The summed E-state index contributed by atoms with van der Waals surface area (Å²) in [7, 11) is 0. The molecule has 0 atom stereocenters.